The van der Waals surface area contributed by atoms with E-state index in [9.17, 15) is 4.79 Å². The molecule has 0 N–H and O–H groups in total. The van der Waals surface area contributed by atoms with Crippen LogP contribution in [0.25, 0.3) is 10.2 Å². The molecule has 4 rings (SSSR count). The maximum absolute atomic E-state index is 13.3. The summed E-state index contributed by atoms with van der Waals surface area (Å²) >= 11 is 3.27. The molecule has 1 saturated heterocycles. The van der Waals surface area contributed by atoms with Crippen LogP contribution in [-0.4, -0.2) is 67.5 Å². The minimum absolute atomic E-state index is 0.116. The molecule has 1 aliphatic heterocycles. The van der Waals surface area contributed by atoms with Crippen LogP contribution in [0.4, 0.5) is 5.13 Å². The molecule has 2 heterocycles. The molecule has 170 valence electrons. The predicted octanol–water partition coefficient (Wildman–Crippen LogP) is 4.54. The number of anilines is 1. The average Bonchev–Trinajstić information content (AvgIpc) is 3.24. The van der Waals surface area contributed by atoms with Crippen LogP contribution in [0.5, 0.6) is 5.75 Å². The van der Waals surface area contributed by atoms with Gasteiger partial charge in [-0.3, -0.25) is 14.6 Å². The molecule has 2 aromatic carbocycles. The fourth-order valence-corrected chi connectivity index (χ4v) is 5.47. The molecule has 0 bridgehead atoms. The summed E-state index contributed by atoms with van der Waals surface area (Å²) in [4.78, 5) is 23.4. The van der Waals surface area contributed by atoms with Gasteiger partial charge in [0.2, 0.25) is 5.91 Å². The molecule has 1 aromatic heterocycles. The highest BCUT2D eigenvalue weighted by molar-refractivity contribution is 7.99. The van der Waals surface area contributed by atoms with Crippen molar-refractivity contribution in [2.24, 2.45) is 0 Å². The highest BCUT2D eigenvalue weighted by Gasteiger charge is 2.21. The summed E-state index contributed by atoms with van der Waals surface area (Å²) in [5.41, 5.74) is 0.899. The second-order valence-electron chi connectivity index (χ2n) is 7.47. The maximum atomic E-state index is 13.3. The summed E-state index contributed by atoms with van der Waals surface area (Å²) in [6.07, 6.45) is 0.475. The Hall–Kier alpha value is -2.13. The summed E-state index contributed by atoms with van der Waals surface area (Å²) < 4.78 is 12.1. The highest BCUT2D eigenvalue weighted by Crippen LogP contribution is 2.32. The molecule has 0 radical (unpaired) electrons. The van der Waals surface area contributed by atoms with Crippen LogP contribution in [0.1, 0.15) is 13.3 Å². The van der Waals surface area contributed by atoms with E-state index in [1.807, 2.05) is 48.2 Å². The van der Waals surface area contributed by atoms with Gasteiger partial charge in [0, 0.05) is 43.2 Å². The molecule has 3 aromatic rings. The molecular weight excluding hydrogens is 442 g/mol. The molecule has 6 nitrogen and oxygen atoms in total. The number of morpholine rings is 1. The molecule has 0 aliphatic carbocycles. The lowest BCUT2D eigenvalue weighted by Crippen LogP contribution is -2.43. The molecule has 32 heavy (non-hydrogen) atoms. The lowest BCUT2D eigenvalue weighted by Gasteiger charge is -2.29. The Labute approximate surface area is 197 Å². The fraction of sp³-hybridized carbons (Fsp3) is 0.417. The summed E-state index contributed by atoms with van der Waals surface area (Å²) in [6.45, 7) is 7.37. The van der Waals surface area contributed by atoms with E-state index < -0.39 is 0 Å². The number of fused-ring (bicyclic) bond motifs is 1. The zero-order valence-corrected chi connectivity index (χ0v) is 20.0. The molecule has 1 aliphatic rings. The van der Waals surface area contributed by atoms with Crippen LogP contribution in [0.2, 0.25) is 0 Å². The van der Waals surface area contributed by atoms with E-state index in [1.54, 1.807) is 23.1 Å². The lowest BCUT2D eigenvalue weighted by atomic mass is 10.3. The lowest BCUT2D eigenvalue weighted by molar-refractivity contribution is -0.118. The number of nitrogens with zero attached hydrogens (tertiary/aromatic N) is 3. The second kappa shape index (κ2) is 11.7. The quantitative estimate of drug-likeness (QED) is 0.405. The largest absolute Gasteiger partial charge is 0.494 e. The van der Waals surface area contributed by atoms with Crippen molar-refractivity contribution >= 4 is 44.4 Å². The third-order valence-corrected chi connectivity index (χ3v) is 7.32. The molecular formula is C24H29N3O3S2. The van der Waals surface area contributed by atoms with Crippen LogP contribution in [-0.2, 0) is 9.53 Å². The van der Waals surface area contributed by atoms with Crippen LogP contribution < -0.4 is 9.64 Å². The second-order valence-corrected chi connectivity index (χ2v) is 9.65. The van der Waals surface area contributed by atoms with E-state index in [0.717, 1.165) is 59.7 Å². The Bertz CT molecular complexity index is 1010. The number of hydrogen-bond acceptors (Lipinski definition) is 7. The van der Waals surface area contributed by atoms with E-state index >= 15 is 0 Å². The highest BCUT2D eigenvalue weighted by atomic mass is 32.2. The first-order valence-corrected chi connectivity index (χ1v) is 12.8. The van der Waals surface area contributed by atoms with Crippen molar-refractivity contribution in [2.45, 2.75) is 18.2 Å². The standard InChI is InChI=1S/C24H29N3O3S2/c1-2-30-19-8-9-21-22(18-19)32-24(25-21)27(12-11-26-13-15-29-16-14-26)23(28)10-17-31-20-6-4-3-5-7-20/h3-9,18H,2,10-17H2,1H3. The van der Waals surface area contributed by atoms with Crippen molar-refractivity contribution in [3.63, 3.8) is 0 Å². The molecule has 0 unspecified atom stereocenters. The monoisotopic (exact) mass is 471 g/mol. The number of benzene rings is 2. The van der Waals surface area contributed by atoms with Gasteiger partial charge in [0.05, 0.1) is 30.0 Å². The van der Waals surface area contributed by atoms with Crippen molar-refractivity contribution in [3.05, 3.63) is 48.5 Å². The number of thiazole rings is 1. The topological polar surface area (TPSA) is 54.9 Å². The first-order chi connectivity index (χ1) is 15.7. The van der Waals surface area contributed by atoms with Crippen LogP contribution in [0.15, 0.2) is 53.4 Å². The molecule has 1 fully saturated rings. The third kappa shape index (κ3) is 6.22. The Morgan fingerprint density at radius 2 is 2.03 bits per heavy atom. The van der Waals surface area contributed by atoms with Gasteiger partial charge in [-0.15, -0.1) is 11.8 Å². The van der Waals surface area contributed by atoms with Crippen molar-refractivity contribution < 1.29 is 14.3 Å². The van der Waals surface area contributed by atoms with Gasteiger partial charge in [0.1, 0.15) is 5.75 Å². The number of hydrogen-bond donors (Lipinski definition) is 0. The Morgan fingerprint density at radius 1 is 1.22 bits per heavy atom. The minimum atomic E-state index is 0.116. The van der Waals surface area contributed by atoms with E-state index in [1.165, 1.54) is 4.90 Å². The van der Waals surface area contributed by atoms with Gasteiger partial charge in [0.25, 0.3) is 0 Å². The van der Waals surface area contributed by atoms with Gasteiger partial charge in [-0.05, 0) is 37.3 Å². The number of rotatable bonds is 10. The molecule has 0 atom stereocenters. The number of aromatic nitrogens is 1. The normalized spacial score (nSPS) is 14.5. The van der Waals surface area contributed by atoms with Crippen molar-refractivity contribution in [3.8, 4) is 5.75 Å². The summed E-state index contributed by atoms with van der Waals surface area (Å²) in [7, 11) is 0. The maximum Gasteiger partial charge on any atom is 0.229 e. The molecule has 8 heteroatoms. The Morgan fingerprint density at radius 3 is 2.81 bits per heavy atom. The van der Waals surface area contributed by atoms with E-state index in [0.29, 0.717) is 19.6 Å². The van der Waals surface area contributed by atoms with Gasteiger partial charge in [-0.25, -0.2) is 4.98 Å². The summed E-state index contributed by atoms with van der Waals surface area (Å²) in [5.74, 6) is 1.70. The van der Waals surface area contributed by atoms with Crippen molar-refractivity contribution in [2.75, 3.05) is 56.7 Å². The van der Waals surface area contributed by atoms with E-state index in [2.05, 4.69) is 17.0 Å². The van der Waals surface area contributed by atoms with Gasteiger partial charge < -0.3 is 9.47 Å². The van der Waals surface area contributed by atoms with Crippen molar-refractivity contribution in [1.82, 2.24) is 9.88 Å². The first-order valence-electron chi connectivity index (χ1n) is 11.0. The number of thioether (sulfide) groups is 1. The third-order valence-electron chi connectivity index (χ3n) is 5.26. The number of carbonyl (C=O) groups is 1. The van der Waals surface area contributed by atoms with Gasteiger partial charge in [-0.2, -0.15) is 0 Å². The number of amides is 1. The van der Waals surface area contributed by atoms with Crippen LogP contribution >= 0.6 is 23.1 Å². The molecule has 0 saturated carbocycles. The summed E-state index contributed by atoms with van der Waals surface area (Å²) in [6, 6.07) is 16.1. The molecule has 1 amide bonds. The average molecular weight is 472 g/mol. The van der Waals surface area contributed by atoms with Crippen LogP contribution in [0.3, 0.4) is 0 Å². The predicted molar refractivity (Wildman–Crippen MR) is 132 cm³/mol. The minimum Gasteiger partial charge on any atom is -0.494 e. The van der Waals surface area contributed by atoms with Gasteiger partial charge >= 0.3 is 0 Å². The smallest absolute Gasteiger partial charge is 0.229 e. The fourth-order valence-electron chi connectivity index (χ4n) is 3.57. The Kier molecular flexibility index (Phi) is 8.39. The zero-order valence-electron chi connectivity index (χ0n) is 18.4. The van der Waals surface area contributed by atoms with Crippen LogP contribution in [0, 0.1) is 0 Å². The van der Waals surface area contributed by atoms with Gasteiger partial charge in [-0.1, -0.05) is 29.5 Å². The summed E-state index contributed by atoms with van der Waals surface area (Å²) in [5, 5.41) is 0.761. The van der Waals surface area contributed by atoms with Crippen molar-refractivity contribution in [1.29, 1.82) is 0 Å². The van der Waals surface area contributed by atoms with E-state index in [-0.39, 0.29) is 5.91 Å². The van der Waals surface area contributed by atoms with Gasteiger partial charge in [0.15, 0.2) is 5.13 Å². The zero-order chi connectivity index (χ0) is 22.2. The first kappa shape index (κ1) is 23.0. The number of carbonyl (C=O) groups excluding carboxylic acids is 1. The SMILES string of the molecule is CCOc1ccc2nc(N(CCN3CCOCC3)C(=O)CCSc3ccccc3)sc2c1. The number of ether oxygens (including phenoxy) is 2. The molecule has 0 spiro atoms. The van der Waals surface area contributed by atoms with E-state index in [4.69, 9.17) is 14.5 Å². The Balaban J connectivity index is 1.47.